The van der Waals surface area contributed by atoms with E-state index >= 15 is 0 Å². The normalized spacial score (nSPS) is 11.0. The Morgan fingerprint density at radius 1 is 0.792 bits per heavy atom. The highest BCUT2D eigenvalue weighted by Gasteiger charge is 2.07. The van der Waals surface area contributed by atoms with Gasteiger partial charge in [-0.15, -0.1) is 0 Å². The Hall–Kier alpha value is -3.07. The first-order chi connectivity index (χ1) is 11.7. The molecule has 0 saturated carbocycles. The SMILES string of the molecule is Oc1ccc2ccc(COc3ccc4ccccc4c3)cc2c1F. The first kappa shape index (κ1) is 14.5. The van der Waals surface area contributed by atoms with Crippen molar-refractivity contribution in [3.63, 3.8) is 0 Å². The van der Waals surface area contributed by atoms with Gasteiger partial charge in [0.25, 0.3) is 0 Å². The lowest BCUT2D eigenvalue weighted by molar-refractivity contribution is 0.307. The maximum Gasteiger partial charge on any atom is 0.172 e. The molecular weight excluding hydrogens is 303 g/mol. The summed E-state index contributed by atoms with van der Waals surface area (Å²) in [5.41, 5.74) is 0.847. The molecule has 2 nitrogen and oxygen atoms in total. The summed E-state index contributed by atoms with van der Waals surface area (Å²) in [6.45, 7) is 0.337. The van der Waals surface area contributed by atoms with Gasteiger partial charge >= 0.3 is 0 Å². The number of hydrogen-bond acceptors (Lipinski definition) is 2. The number of benzene rings is 4. The van der Waals surface area contributed by atoms with Crippen LogP contribution in [-0.2, 0) is 6.61 Å². The van der Waals surface area contributed by atoms with E-state index in [4.69, 9.17) is 4.74 Å². The van der Waals surface area contributed by atoms with Crippen LogP contribution in [0.1, 0.15) is 5.56 Å². The molecule has 0 aliphatic carbocycles. The molecule has 0 fully saturated rings. The maximum absolute atomic E-state index is 14.0. The highest BCUT2D eigenvalue weighted by Crippen LogP contribution is 2.27. The predicted octanol–water partition coefficient (Wildman–Crippen LogP) is 5.42. The maximum atomic E-state index is 14.0. The predicted molar refractivity (Wildman–Crippen MR) is 93.9 cm³/mol. The lowest BCUT2D eigenvalue weighted by Gasteiger charge is -2.09. The Labute approximate surface area is 138 Å². The molecule has 0 bridgehead atoms. The second-order valence-electron chi connectivity index (χ2n) is 5.75. The van der Waals surface area contributed by atoms with E-state index in [-0.39, 0.29) is 5.75 Å². The molecule has 24 heavy (non-hydrogen) atoms. The number of phenolic OH excluding ortho intramolecular Hbond substituents is 1. The number of ether oxygens (including phenoxy) is 1. The minimum atomic E-state index is -0.597. The molecular formula is C21H15FO2. The van der Waals surface area contributed by atoms with Crippen LogP contribution < -0.4 is 4.74 Å². The van der Waals surface area contributed by atoms with Crippen LogP contribution in [0.3, 0.4) is 0 Å². The summed E-state index contributed by atoms with van der Waals surface area (Å²) in [6.07, 6.45) is 0. The summed E-state index contributed by atoms with van der Waals surface area (Å²) >= 11 is 0. The van der Waals surface area contributed by atoms with Gasteiger partial charge in [0.1, 0.15) is 12.4 Å². The fourth-order valence-corrected chi connectivity index (χ4v) is 2.83. The highest BCUT2D eigenvalue weighted by molar-refractivity contribution is 5.85. The van der Waals surface area contributed by atoms with Crippen LogP contribution in [0.4, 0.5) is 4.39 Å². The number of aromatic hydroxyl groups is 1. The van der Waals surface area contributed by atoms with Crippen molar-refractivity contribution in [2.45, 2.75) is 6.61 Å². The van der Waals surface area contributed by atoms with Gasteiger partial charge in [0, 0.05) is 5.39 Å². The van der Waals surface area contributed by atoms with E-state index in [1.807, 2.05) is 48.5 Å². The van der Waals surface area contributed by atoms with E-state index in [9.17, 15) is 9.50 Å². The summed E-state index contributed by atoms with van der Waals surface area (Å²) in [7, 11) is 0. The second-order valence-corrected chi connectivity index (χ2v) is 5.75. The minimum Gasteiger partial charge on any atom is -0.505 e. The fraction of sp³-hybridized carbons (Fsp3) is 0.0476. The number of hydrogen-bond donors (Lipinski definition) is 1. The Kier molecular flexibility index (Phi) is 3.54. The summed E-state index contributed by atoms with van der Waals surface area (Å²) in [6, 6.07) is 22.5. The van der Waals surface area contributed by atoms with Crippen molar-refractivity contribution in [1.82, 2.24) is 0 Å². The van der Waals surface area contributed by atoms with Crippen molar-refractivity contribution in [2.24, 2.45) is 0 Å². The zero-order chi connectivity index (χ0) is 16.5. The molecule has 4 aromatic rings. The van der Waals surface area contributed by atoms with E-state index in [1.165, 1.54) is 6.07 Å². The summed E-state index contributed by atoms with van der Waals surface area (Å²) < 4.78 is 19.9. The average Bonchev–Trinajstić information content (AvgIpc) is 2.63. The molecule has 0 saturated heterocycles. The van der Waals surface area contributed by atoms with Gasteiger partial charge in [-0.3, -0.25) is 0 Å². The van der Waals surface area contributed by atoms with E-state index in [2.05, 4.69) is 6.07 Å². The lowest BCUT2D eigenvalue weighted by Crippen LogP contribution is -1.96. The van der Waals surface area contributed by atoms with Gasteiger partial charge in [-0.25, -0.2) is 4.39 Å². The van der Waals surface area contributed by atoms with Crippen molar-refractivity contribution in [1.29, 1.82) is 0 Å². The lowest BCUT2D eigenvalue weighted by atomic mass is 10.1. The molecule has 0 amide bonds. The van der Waals surface area contributed by atoms with Crippen molar-refractivity contribution in [3.05, 3.63) is 84.2 Å². The molecule has 4 rings (SSSR count). The van der Waals surface area contributed by atoms with Crippen LogP contribution in [0, 0.1) is 5.82 Å². The summed E-state index contributed by atoms with van der Waals surface area (Å²) in [5, 5.41) is 12.9. The largest absolute Gasteiger partial charge is 0.505 e. The Morgan fingerprint density at radius 2 is 1.54 bits per heavy atom. The van der Waals surface area contributed by atoms with Crippen molar-refractivity contribution in [2.75, 3.05) is 0 Å². The zero-order valence-electron chi connectivity index (χ0n) is 12.9. The van der Waals surface area contributed by atoms with Crippen LogP contribution in [-0.4, -0.2) is 5.11 Å². The van der Waals surface area contributed by atoms with Crippen molar-refractivity contribution >= 4 is 21.5 Å². The van der Waals surface area contributed by atoms with E-state index < -0.39 is 5.82 Å². The number of rotatable bonds is 3. The second kappa shape index (κ2) is 5.85. The minimum absolute atomic E-state index is 0.337. The monoisotopic (exact) mass is 318 g/mol. The van der Waals surface area contributed by atoms with Gasteiger partial charge in [-0.2, -0.15) is 0 Å². The molecule has 0 aliphatic rings. The average molecular weight is 318 g/mol. The fourth-order valence-electron chi connectivity index (χ4n) is 2.83. The molecule has 118 valence electrons. The van der Waals surface area contributed by atoms with Crippen molar-refractivity contribution in [3.8, 4) is 11.5 Å². The van der Waals surface area contributed by atoms with Crippen molar-refractivity contribution < 1.29 is 14.2 Å². The summed E-state index contributed by atoms with van der Waals surface area (Å²) in [5.74, 6) is -0.166. The van der Waals surface area contributed by atoms with Gasteiger partial charge in [0.15, 0.2) is 11.6 Å². The summed E-state index contributed by atoms with van der Waals surface area (Å²) in [4.78, 5) is 0. The van der Waals surface area contributed by atoms with Gasteiger partial charge in [-0.05, 0) is 46.0 Å². The molecule has 3 heteroatoms. The van der Waals surface area contributed by atoms with Crippen LogP contribution >= 0.6 is 0 Å². The van der Waals surface area contributed by atoms with Crippen LogP contribution in [0.15, 0.2) is 72.8 Å². The van der Waals surface area contributed by atoms with Gasteiger partial charge in [0.2, 0.25) is 0 Å². The quantitative estimate of drug-likeness (QED) is 0.547. The third-order valence-electron chi connectivity index (χ3n) is 4.13. The van der Waals surface area contributed by atoms with Crippen LogP contribution in [0.2, 0.25) is 0 Å². The van der Waals surface area contributed by atoms with Gasteiger partial charge < -0.3 is 9.84 Å². The highest BCUT2D eigenvalue weighted by atomic mass is 19.1. The van der Waals surface area contributed by atoms with Gasteiger partial charge in [0.05, 0.1) is 0 Å². The first-order valence-corrected chi connectivity index (χ1v) is 7.72. The third kappa shape index (κ3) is 2.65. The van der Waals surface area contributed by atoms with Crippen LogP contribution in [0.5, 0.6) is 11.5 Å². The van der Waals surface area contributed by atoms with Crippen LogP contribution in [0.25, 0.3) is 21.5 Å². The number of halogens is 1. The molecule has 1 N–H and O–H groups in total. The molecule has 0 unspecified atom stereocenters. The Bertz CT molecular complexity index is 1040. The number of fused-ring (bicyclic) bond motifs is 2. The molecule has 0 heterocycles. The van der Waals surface area contributed by atoms with Gasteiger partial charge in [-0.1, -0.05) is 48.5 Å². The Morgan fingerprint density at radius 3 is 2.42 bits per heavy atom. The van der Waals surface area contributed by atoms with E-state index in [0.717, 1.165) is 27.5 Å². The third-order valence-corrected chi connectivity index (χ3v) is 4.13. The number of phenols is 1. The standard InChI is InChI=1S/C21H15FO2/c22-21-19-11-14(5-6-16(19)8-10-20(21)23)13-24-18-9-7-15-3-1-2-4-17(15)12-18/h1-12,23H,13H2. The molecule has 0 aliphatic heterocycles. The molecule has 4 aromatic carbocycles. The Balaban J connectivity index is 1.60. The zero-order valence-corrected chi connectivity index (χ0v) is 12.9. The van der Waals surface area contributed by atoms with E-state index in [0.29, 0.717) is 12.0 Å². The molecule has 0 atom stereocenters. The molecule has 0 aromatic heterocycles. The first-order valence-electron chi connectivity index (χ1n) is 7.72. The smallest absolute Gasteiger partial charge is 0.172 e. The topological polar surface area (TPSA) is 29.5 Å². The molecule has 0 radical (unpaired) electrons. The van der Waals surface area contributed by atoms with E-state index in [1.54, 1.807) is 12.1 Å². The molecule has 0 spiro atoms.